The van der Waals surface area contributed by atoms with Crippen LogP contribution >= 0.6 is 0 Å². The molecular weight excluding hydrogens is 138 g/mol. The second-order valence-corrected chi connectivity index (χ2v) is 3.16. The van der Waals surface area contributed by atoms with Crippen LogP contribution in [0.25, 0.3) is 0 Å². The Morgan fingerprint density at radius 1 is 1.45 bits per heavy atom. The molecule has 0 atom stereocenters. The maximum Gasteiger partial charge on any atom is 0.196 e. The highest BCUT2D eigenvalue weighted by Gasteiger charge is 2.30. The Balaban J connectivity index is 2.45. The monoisotopic (exact) mass is 149 g/mol. The summed E-state index contributed by atoms with van der Waals surface area (Å²) in [6, 6.07) is 5.73. The number of hydrogen-bond acceptors (Lipinski definition) is 1. The minimum absolute atomic E-state index is 0.549. The summed E-state index contributed by atoms with van der Waals surface area (Å²) in [4.78, 5) is 0. The Morgan fingerprint density at radius 2 is 2.18 bits per heavy atom. The van der Waals surface area contributed by atoms with Crippen molar-refractivity contribution in [2.75, 3.05) is 0 Å². The fourth-order valence-corrected chi connectivity index (χ4v) is 1.31. The summed E-state index contributed by atoms with van der Waals surface area (Å²) in [5.74, 6) is 0.549. The summed E-state index contributed by atoms with van der Waals surface area (Å²) in [6.45, 7) is 1.85. The van der Waals surface area contributed by atoms with Crippen molar-refractivity contribution < 1.29 is 4.73 Å². The lowest BCUT2D eigenvalue weighted by atomic mass is 10.2. The van der Waals surface area contributed by atoms with E-state index < -0.39 is 0 Å². The van der Waals surface area contributed by atoms with E-state index in [0.717, 1.165) is 16.1 Å². The van der Waals surface area contributed by atoms with Gasteiger partial charge in [-0.1, -0.05) is 0 Å². The molecule has 0 aromatic carbocycles. The molecule has 58 valence electrons. The summed E-state index contributed by atoms with van der Waals surface area (Å²) < 4.78 is 1.05. The van der Waals surface area contributed by atoms with Crippen LogP contribution in [0.5, 0.6) is 0 Å². The van der Waals surface area contributed by atoms with Crippen molar-refractivity contribution >= 4 is 0 Å². The van der Waals surface area contributed by atoms with Crippen LogP contribution < -0.4 is 4.73 Å². The Bertz CT molecular complexity index is 279. The third kappa shape index (κ3) is 1.09. The van der Waals surface area contributed by atoms with E-state index in [1.807, 2.05) is 25.1 Å². The molecule has 2 rings (SSSR count). The van der Waals surface area contributed by atoms with Crippen LogP contribution in [-0.2, 0) is 0 Å². The van der Waals surface area contributed by atoms with E-state index >= 15 is 0 Å². The highest BCUT2D eigenvalue weighted by Crippen LogP contribution is 2.38. The molecule has 1 aromatic heterocycles. The first kappa shape index (κ1) is 6.65. The van der Waals surface area contributed by atoms with Crippen molar-refractivity contribution in [3.05, 3.63) is 34.8 Å². The smallest absolute Gasteiger partial charge is 0.196 e. The van der Waals surface area contributed by atoms with E-state index in [-0.39, 0.29) is 0 Å². The zero-order valence-electron chi connectivity index (χ0n) is 6.58. The minimum atomic E-state index is 0.549. The average molecular weight is 149 g/mol. The third-order valence-corrected chi connectivity index (χ3v) is 2.15. The van der Waals surface area contributed by atoms with Gasteiger partial charge in [0, 0.05) is 25.0 Å². The predicted molar refractivity (Wildman–Crippen MR) is 42.1 cm³/mol. The molecular formula is C9H11NO. The quantitative estimate of drug-likeness (QED) is 0.439. The molecule has 0 bridgehead atoms. The van der Waals surface area contributed by atoms with E-state index in [1.54, 1.807) is 0 Å². The van der Waals surface area contributed by atoms with Gasteiger partial charge in [-0.3, -0.25) is 0 Å². The van der Waals surface area contributed by atoms with Gasteiger partial charge in [0.2, 0.25) is 0 Å². The summed E-state index contributed by atoms with van der Waals surface area (Å²) >= 11 is 0. The number of nitrogens with zero attached hydrogens (tertiary/aromatic N) is 1. The molecule has 1 heterocycles. The molecule has 1 fully saturated rings. The van der Waals surface area contributed by atoms with Gasteiger partial charge in [-0.25, -0.2) is 0 Å². The average Bonchev–Trinajstić information content (AvgIpc) is 2.77. The Labute approximate surface area is 66.1 Å². The van der Waals surface area contributed by atoms with Gasteiger partial charge in [0.05, 0.1) is 0 Å². The minimum Gasteiger partial charge on any atom is -0.618 e. The van der Waals surface area contributed by atoms with Gasteiger partial charge >= 0.3 is 0 Å². The van der Waals surface area contributed by atoms with E-state index in [2.05, 4.69) is 0 Å². The molecule has 1 aromatic rings. The van der Waals surface area contributed by atoms with Crippen molar-refractivity contribution in [2.24, 2.45) is 0 Å². The molecule has 0 N–H and O–H groups in total. The number of rotatable bonds is 1. The molecule has 0 amide bonds. The number of aryl methyl sites for hydroxylation is 1. The molecule has 0 spiro atoms. The number of pyridine rings is 1. The number of hydrogen-bond donors (Lipinski definition) is 0. The van der Waals surface area contributed by atoms with Crippen LogP contribution in [0.15, 0.2) is 18.2 Å². The van der Waals surface area contributed by atoms with Gasteiger partial charge in [-0.05, 0) is 18.9 Å². The number of aromatic nitrogens is 1. The van der Waals surface area contributed by atoms with Crippen LogP contribution in [0, 0.1) is 12.1 Å². The molecule has 1 aliphatic rings. The third-order valence-electron chi connectivity index (χ3n) is 2.15. The lowest BCUT2D eigenvalue weighted by molar-refractivity contribution is -0.621. The maximum atomic E-state index is 11.4. The Hall–Kier alpha value is -1.05. The summed E-state index contributed by atoms with van der Waals surface area (Å²) in [5.41, 5.74) is 1.75. The largest absolute Gasteiger partial charge is 0.618 e. The Kier molecular flexibility index (Phi) is 1.34. The van der Waals surface area contributed by atoms with Gasteiger partial charge in [0.1, 0.15) is 0 Å². The second kappa shape index (κ2) is 2.22. The van der Waals surface area contributed by atoms with Gasteiger partial charge in [0.25, 0.3) is 0 Å². The first-order valence-electron chi connectivity index (χ1n) is 3.98. The molecule has 0 unspecified atom stereocenters. The predicted octanol–water partition coefficient (Wildman–Crippen LogP) is 1.51. The fourth-order valence-electron chi connectivity index (χ4n) is 1.31. The van der Waals surface area contributed by atoms with Gasteiger partial charge in [0.15, 0.2) is 11.4 Å². The zero-order chi connectivity index (χ0) is 7.84. The zero-order valence-corrected chi connectivity index (χ0v) is 6.58. The normalized spacial score (nSPS) is 16.8. The van der Waals surface area contributed by atoms with Gasteiger partial charge in [-0.2, -0.15) is 4.73 Å². The standard InChI is InChI=1S/C9H11NO/c1-7-3-2-4-9(10(7)11)8-5-6-8/h2-4,8H,5-6H2,1H3. The molecule has 11 heavy (non-hydrogen) atoms. The van der Waals surface area contributed by atoms with Crippen molar-refractivity contribution in [1.29, 1.82) is 0 Å². The van der Waals surface area contributed by atoms with E-state index in [4.69, 9.17) is 0 Å². The van der Waals surface area contributed by atoms with Crippen LogP contribution in [0.1, 0.15) is 30.1 Å². The van der Waals surface area contributed by atoms with Crippen molar-refractivity contribution in [3.8, 4) is 0 Å². The lowest BCUT2D eigenvalue weighted by Crippen LogP contribution is -2.34. The lowest BCUT2D eigenvalue weighted by Gasteiger charge is -2.04. The summed E-state index contributed by atoms with van der Waals surface area (Å²) in [7, 11) is 0. The molecule has 1 saturated carbocycles. The van der Waals surface area contributed by atoms with Crippen molar-refractivity contribution in [1.82, 2.24) is 0 Å². The molecule has 0 aliphatic heterocycles. The fraction of sp³-hybridized carbons (Fsp3) is 0.444. The SMILES string of the molecule is Cc1cccc(C2CC2)[n+]1[O-]. The maximum absolute atomic E-state index is 11.4. The van der Waals surface area contributed by atoms with Crippen LogP contribution in [0.2, 0.25) is 0 Å². The molecule has 0 saturated heterocycles. The van der Waals surface area contributed by atoms with Crippen LogP contribution in [0.4, 0.5) is 0 Å². The first-order chi connectivity index (χ1) is 5.29. The molecule has 2 nitrogen and oxygen atoms in total. The van der Waals surface area contributed by atoms with Crippen molar-refractivity contribution in [3.63, 3.8) is 0 Å². The summed E-state index contributed by atoms with van der Waals surface area (Å²) in [6.07, 6.45) is 2.37. The first-order valence-corrected chi connectivity index (χ1v) is 3.98. The van der Waals surface area contributed by atoms with Crippen molar-refractivity contribution in [2.45, 2.75) is 25.7 Å². The topological polar surface area (TPSA) is 26.9 Å². The van der Waals surface area contributed by atoms with E-state index in [0.29, 0.717) is 5.92 Å². The highest BCUT2D eigenvalue weighted by molar-refractivity contribution is 5.12. The van der Waals surface area contributed by atoms with E-state index in [9.17, 15) is 5.21 Å². The Morgan fingerprint density at radius 3 is 2.82 bits per heavy atom. The molecule has 0 radical (unpaired) electrons. The van der Waals surface area contributed by atoms with Crippen LogP contribution in [-0.4, -0.2) is 0 Å². The highest BCUT2D eigenvalue weighted by atomic mass is 16.5. The summed E-state index contributed by atoms with van der Waals surface area (Å²) in [5, 5.41) is 11.4. The van der Waals surface area contributed by atoms with Gasteiger partial charge < -0.3 is 5.21 Å². The van der Waals surface area contributed by atoms with E-state index in [1.165, 1.54) is 12.8 Å². The molecule has 1 aliphatic carbocycles. The van der Waals surface area contributed by atoms with Crippen LogP contribution in [0.3, 0.4) is 0 Å². The second-order valence-electron chi connectivity index (χ2n) is 3.16. The van der Waals surface area contributed by atoms with Gasteiger partial charge in [-0.15, -0.1) is 0 Å². The molecule has 2 heteroatoms.